The van der Waals surface area contributed by atoms with Gasteiger partial charge < -0.3 is 4.74 Å². The number of benzene rings is 2. The first-order valence-electron chi connectivity index (χ1n) is 9.36. The Balaban J connectivity index is 1.72. The van der Waals surface area contributed by atoms with Gasteiger partial charge in [-0.15, -0.1) is 0 Å². The van der Waals surface area contributed by atoms with Gasteiger partial charge in [0, 0.05) is 24.8 Å². The smallest absolute Gasteiger partial charge is 0.243 e. The monoisotopic (exact) mass is 412 g/mol. The molecule has 0 unspecified atom stereocenters. The van der Waals surface area contributed by atoms with Crippen LogP contribution in [0.3, 0.4) is 0 Å². The highest BCUT2D eigenvalue weighted by Crippen LogP contribution is 2.29. The summed E-state index contributed by atoms with van der Waals surface area (Å²) in [6.07, 6.45) is 1.67. The molecule has 5 nitrogen and oxygen atoms in total. The zero-order valence-corrected chi connectivity index (χ0v) is 16.8. The van der Waals surface area contributed by atoms with E-state index < -0.39 is 10.0 Å². The van der Waals surface area contributed by atoms with Crippen LogP contribution in [0.5, 0.6) is 0 Å². The van der Waals surface area contributed by atoms with E-state index in [0.29, 0.717) is 42.5 Å². The molecule has 2 aromatic carbocycles. The molecular formula is C22H21FN2O3S. The molecule has 0 atom stereocenters. The molecule has 7 heteroatoms. The van der Waals surface area contributed by atoms with Gasteiger partial charge in [-0.3, -0.25) is 4.98 Å². The Kier molecular flexibility index (Phi) is 5.45. The molecule has 1 saturated heterocycles. The molecule has 3 aromatic rings. The zero-order chi connectivity index (χ0) is 20.4. The lowest BCUT2D eigenvalue weighted by atomic mass is 10.0. The summed E-state index contributed by atoms with van der Waals surface area (Å²) in [4.78, 5) is 4.67. The van der Waals surface area contributed by atoms with Crippen LogP contribution in [0.2, 0.25) is 0 Å². The summed E-state index contributed by atoms with van der Waals surface area (Å²) in [6.45, 7) is 3.33. The summed E-state index contributed by atoms with van der Waals surface area (Å²) < 4.78 is 46.2. The van der Waals surface area contributed by atoms with Crippen LogP contribution in [-0.2, 0) is 14.8 Å². The molecule has 0 aliphatic carbocycles. The van der Waals surface area contributed by atoms with Crippen LogP contribution in [-0.4, -0.2) is 44.0 Å². The largest absolute Gasteiger partial charge is 0.379 e. The van der Waals surface area contributed by atoms with E-state index in [9.17, 15) is 12.8 Å². The molecule has 1 aromatic heterocycles. The number of pyridine rings is 1. The molecule has 4 rings (SSSR count). The van der Waals surface area contributed by atoms with Crippen molar-refractivity contribution in [3.8, 4) is 22.4 Å². The van der Waals surface area contributed by atoms with E-state index >= 15 is 0 Å². The van der Waals surface area contributed by atoms with Crippen LogP contribution in [0.1, 0.15) is 5.56 Å². The lowest BCUT2D eigenvalue weighted by Gasteiger charge is -2.27. The Morgan fingerprint density at radius 2 is 1.59 bits per heavy atom. The number of halogens is 1. The highest BCUT2D eigenvalue weighted by Gasteiger charge is 2.28. The fourth-order valence-electron chi connectivity index (χ4n) is 3.37. The van der Waals surface area contributed by atoms with Gasteiger partial charge in [-0.1, -0.05) is 12.1 Å². The fraction of sp³-hybridized carbons (Fsp3) is 0.227. The number of nitrogens with zero attached hydrogens (tertiary/aromatic N) is 2. The minimum atomic E-state index is -3.59. The summed E-state index contributed by atoms with van der Waals surface area (Å²) in [5.41, 5.74) is 3.82. The van der Waals surface area contributed by atoms with E-state index in [1.54, 1.807) is 31.3 Å². The van der Waals surface area contributed by atoms with Crippen LogP contribution in [0.25, 0.3) is 22.4 Å². The normalized spacial score (nSPS) is 15.4. The van der Waals surface area contributed by atoms with E-state index in [4.69, 9.17) is 4.74 Å². The molecule has 29 heavy (non-hydrogen) atoms. The minimum Gasteiger partial charge on any atom is -0.379 e. The second kappa shape index (κ2) is 8.02. The van der Waals surface area contributed by atoms with Gasteiger partial charge in [-0.05, 0) is 66.1 Å². The number of ether oxygens (including phenoxy) is 1. The van der Waals surface area contributed by atoms with Crippen molar-refractivity contribution in [1.82, 2.24) is 9.29 Å². The van der Waals surface area contributed by atoms with Crippen LogP contribution in [0.15, 0.2) is 65.7 Å². The highest BCUT2D eigenvalue weighted by atomic mass is 32.2. The van der Waals surface area contributed by atoms with Crippen molar-refractivity contribution in [2.45, 2.75) is 11.8 Å². The first-order valence-corrected chi connectivity index (χ1v) is 10.8. The molecule has 0 saturated carbocycles. The third-order valence-corrected chi connectivity index (χ3v) is 7.05. The van der Waals surface area contributed by atoms with Gasteiger partial charge in [0.1, 0.15) is 5.82 Å². The predicted octanol–water partition coefficient (Wildman–Crippen LogP) is 3.88. The Labute approximate surface area is 169 Å². The average molecular weight is 412 g/mol. The van der Waals surface area contributed by atoms with Crippen molar-refractivity contribution in [1.29, 1.82) is 0 Å². The second-order valence-electron chi connectivity index (χ2n) is 6.93. The van der Waals surface area contributed by atoms with Gasteiger partial charge in [-0.25, -0.2) is 12.8 Å². The van der Waals surface area contributed by atoms with E-state index in [1.165, 1.54) is 16.4 Å². The quantitative estimate of drug-likeness (QED) is 0.653. The topological polar surface area (TPSA) is 59.5 Å². The summed E-state index contributed by atoms with van der Waals surface area (Å²) in [7, 11) is -3.59. The first kappa shape index (κ1) is 19.7. The molecule has 1 aliphatic heterocycles. The maximum absolute atomic E-state index is 13.2. The lowest BCUT2D eigenvalue weighted by molar-refractivity contribution is 0.0730. The number of rotatable bonds is 4. The van der Waals surface area contributed by atoms with E-state index in [-0.39, 0.29) is 5.82 Å². The molecule has 0 bridgehead atoms. The van der Waals surface area contributed by atoms with Crippen molar-refractivity contribution in [3.05, 3.63) is 72.2 Å². The molecule has 0 radical (unpaired) electrons. The summed E-state index contributed by atoms with van der Waals surface area (Å²) in [5.74, 6) is -0.304. The third kappa shape index (κ3) is 4.07. The first-order chi connectivity index (χ1) is 13.9. The highest BCUT2D eigenvalue weighted by molar-refractivity contribution is 7.89. The lowest BCUT2D eigenvalue weighted by Crippen LogP contribution is -2.40. The maximum Gasteiger partial charge on any atom is 0.243 e. The van der Waals surface area contributed by atoms with E-state index in [0.717, 1.165) is 16.7 Å². The number of hydrogen-bond acceptors (Lipinski definition) is 4. The number of hydrogen-bond donors (Lipinski definition) is 0. The van der Waals surface area contributed by atoms with Crippen LogP contribution < -0.4 is 0 Å². The molecule has 150 valence electrons. The SMILES string of the molecule is Cc1ccc(-c2ccnc(-c3ccc(F)cc3)c2)cc1S(=O)(=O)N1CCOCC1. The number of aryl methyl sites for hydroxylation is 1. The predicted molar refractivity (Wildman–Crippen MR) is 109 cm³/mol. The van der Waals surface area contributed by atoms with Crippen molar-refractivity contribution in [2.24, 2.45) is 0 Å². The summed E-state index contributed by atoms with van der Waals surface area (Å²) in [5, 5.41) is 0. The van der Waals surface area contributed by atoms with Gasteiger partial charge in [0.05, 0.1) is 23.8 Å². The minimum absolute atomic E-state index is 0.303. The summed E-state index contributed by atoms with van der Waals surface area (Å²) >= 11 is 0. The molecular weight excluding hydrogens is 391 g/mol. The van der Waals surface area contributed by atoms with Crippen LogP contribution >= 0.6 is 0 Å². The summed E-state index contributed by atoms with van der Waals surface area (Å²) in [6, 6.07) is 15.3. The maximum atomic E-state index is 13.2. The van der Waals surface area contributed by atoms with E-state index in [1.807, 2.05) is 24.3 Å². The molecule has 2 heterocycles. The van der Waals surface area contributed by atoms with Gasteiger partial charge in [0.25, 0.3) is 0 Å². The number of aromatic nitrogens is 1. The Morgan fingerprint density at radius 3 is 2.31 bits per heavy atom. The van der Waals surface area contributed by atoms with Gasteiger partial charge in [-0.2, -0.15) is 4.31 Å². The van der Waals surface area contributed by atoms with Gasteiger partial charge in [0.15, 0.2) is 0 Å². The van der Waals surface area contributed by atoms with Crippen LogP contribution in [0.4, 0.5) is 4.39 Å². The van der Waals surface area contributed by atoms with Crippen LogP contribution in [0, 0.1) is 12.7 Å². The van der Waals surface area contributed by atoms with Crippen molar-refractivity contribution < 1.29 is 17.5 Å². The standard InChI is InChI=1S/C22H21FN2O3S/c1-16-2-3-18(15-22(16)29(26,27)25-10-12-28-13-11-25)19-8-9-24-21(14-19)17-4-6-20(23)7-5-17/h2-9,14-15H,10-13H2,1H3. The van der Waals surface area contributed by atoms with Gasteiger partial charge >= 0.3 is 0 Å². The molecule has 1 aliphatic rings. The molecule has 0 amide bonds. The van der Waals surface area contributed by atoms with Crippen molar-refractivity contribution in [2.75, 3.05) is 26.3 Å². The Hall–Kier alpha value is -2.61. The number of morpholine rings is 1. The van der Waals surface area contributed by atoms with Crippen molar-refractivity contribution >= 4 is 10.0 Å². The van der Waals surface area contributed by atoms with Crippen molar-refractivity contribution in [3.63, 3.8) is 0 Å². The Morgan fingerprint density at radius 1 is 0.931 bits per heavy atom. The number of sulfonamides is 1. The fourth-order valence-corrected chi connectivity index (χ4v) is 5.03. The molecule has 0 N–H and O–H groups in total. The van der Waals surface area contributed by atoms with Gasteiger partial charge in [0.2, 0.25) is 10.0 Å². The third-order valence-electron chi connectivity index (χ3n) is 5.01. The zero-order valence-electron chi connectivity index (χ0n) is 16.0. The van der Waals surface area contributed by atoms with E-state index in [2.05, 4.69) is 4.98 Å². The molecule has 0 spiro atoms. The Bertz CT molecular complexity index is 1130. The average Bonchev–Trinajstić information content (AvgIpc) is 2.75. The second-order valence-corrected chi connectivity index (χ2v) is 8.84. The molecule has 1 fully saturated rings.